The van der Waals surface area contributed by atoms with E-state index in [0.717, 1.165) is 25.0 Å². The summed E-state index contributed by atoms with van der Waals surface area (Å²) in [6.07, 6.45) is 2.60. The Morgan fingerprint density at radius 1 is 1.33 bits per heavy atom. The molecule has 0 unspecified atom stereocenters. The Morgan fingerprint density at radius 2 is 1.95 bits per heavy atom. The minimum Gasteiger partial charge on any atom is -0.398 e. The third kappa shape index (κ3) is 3.93. The summed E-state index contributed by atoms with van der Waals surface area (Å²) in [5, 5.41) is 9.42. The van der Waals surface area contributed by atoms with Crippen molar-refractivity contribution < 1.29 is 17.9 Å². The molecule has 0 bridgehead atoms. The van der Waals surface area contributed by atoms with Gasteiger partial charge in [0, 0.05) is 12.2 Å². The molecule has 1 aliphatic rings. The van der Waals surface area contributed by atoms with Crippen molar-refractivity contribution in [2.75, 3.05) is 12.3 Å². The summed E-state index contributed by atoms with van der Waals surface area (Å²) in [7, 11) is -3.91. The number of hydrogen-bond acceptors (Lipinski definition) is 4. The number of aryl methyl sites for hydroxylation is 1. The number of rotatable bonds is 4. The highest BCUT2D eigenvalue weighted by Crippen LogP contribution is 2.25. The normalized spacial score (nSPS) is 23.2. The van der Waals surface area contributed by atoms with Crippen LogP contribution in [0.5, 0.6) is 0 Å². The summed E-state index contributed by atoms with van der Waals surface area (Å²) < 4.78 is 40.6. The van der Waals surface area contributed by atoms with Crippen LogP contribution in [-0.2, 0) is 10.0 Å². The summed E-state index contributed by atoms with van der Waals surface area (Å²) in [5.41, 5.74) is 6.41. The highest BCUT2D eigenvalue weighted by molar-refractivity contribution is 7.89. The molecule has 7 heteroatoms. The lowest BCUT2D eigenvalue weighted by molar-refractivity contribution is 0.109. The van der Waals surface area contributed by atoms with Gasteiger partial charge in [-0.25, -0.2) is 17.5 Å². The molecule has 118 valence electrons. The molecular weight excluding hydrogens is 295 g/mol. The van der Waals surface area contributed by atoms with E-state index in [2.05, 4.69) is 4.72 Å². The highest BCUT2D eigenvalue weighted by Gasteiger charge is 2.24. The van der Waals surface area contributed by atoms with Gasteiger partial charge < -0.3 is 10.8 Å². The van der Waals surface area contributed by atoms with Crippen molar-refractivity contribution in [3.8, 4) is 0 Å². The van der Waals surface area contributed by atoms with Crippen molar-refractivity contribution in [2.45, 2.75) is 43.6 Å². The van der Waals surface area contributed by atoms with Gasteiger partial charge in [-0.15, -0.1) is 0 Å². The number of aliphatic hydroxyl groups is 1. The standard InChI is InChI=1S/C14H21FN2O3S/c1-9-6-12(15)14(7-13(9)16)21(19,20)17-8-10-2-4-11(18)5-3-10/h6-7,10-11,17-18H,2-5,8,16H2,1H3. The number of aliphatic hydroxyl groups excluding tert-OH is 1. The molecule has 0 atom stereocenters. The van der Waals surface area contributed by atoms with E-state index in [9.17, 15) is 17.9 Å². The molecule has 0 aromatic heterocycles. The van der Waals surface area contributed by atoms with Crippen LogP contribution in [0.15, 0.2) is 17.0 Å². The first-order valence-electron chi connectivity index (χ1n) is 7.03. The molecule has 5 nitrogen and oxygen atoms in total. The Kier molecular flexibility index (Phi) is 4.85. The van der Waals surface area contributed by atoms with Gasteiger partial charge in [0.05, 0.1) is 6.10 Å². The van der Waals surface area contributed by atoms with Crippen LogP contribution in [0, 0.1) is 18.7 Å². The predicted octanol–water partition coefficient (Wildman–Crippen LogP) is 1.55. The first-order valence-corrected chi connectivity index (χ1v) is 8.51. The second-order valence-corrected chi connectivity index (χ2v) is 7.40. The second kappa shape index (κ2) is 6.29. The van der Waals surface area contributed by atoms with Crippen molar-refractivity contribution in [1.29, 1.82) is 0 Å². The van der Waals surface area contributed by atoms with Crippen LogP contribution in [0.1, 0.15) is 31.2 Å². The summed E-state index contributed by atoms with van der Waals surface area (Å²) in [6, 6.07) is 2.28. The predicted molar refractivity (Wildman–Crippen MR) is 78.7 cm³/mol. The number of nitrogens with one attached hydrogen (secondary N) is 1. The Balaban J connectivity index is 2.07. The lowest BCUT2D eigenvalue weighted by Gasteiger charge is -2.25. The molecule has 4 N–H and O–H groups in total. The van der Waals surface area contributed by atoms with E-state index in [1.165, 1.54) is 0 Å². The zero-order valence-electron chi connectivity index (χ0n) is 12.0. The summed E-state index contributed by atoms with van der Waals surface area (Å²) in [5.74, 6) is -0.623. The third-order valence-corrected chi connectivity index (χ3v) is 5.43. The van der Waals surface area contributed by atoms with E-state index >= 15 is 0 Å². The minimum absolute atomic E-state index is 0.175. The van der Waals surface area contributed by atoms with E-state index in [4.69, 9.17) is 5.73 Å². The third-order valence-electron chi connectivity index (χ3n) is 3.99. The fourth-order valence-corrected chi connectivity index (χ4v) is 3.74. The van der Waals surface area contributed by atoms with Gasteiger partial charge in [-0.2, -0.15) is 0 Å². The van der Waals surface area contributed by atoms with E-state index in [1.807, 2.05) is 0 Å². The number of nitrogens with two attached hydrogens (primary N) is 1. The molecular formula is C14H21FN2O3S. The van der Waals surface area contributed by atoms with Gasteiger partial charge >= 0.3 is 0 Å². The van der Waals surface area contributed by atoms with Crippen molar-refractivity contribution in [1.82, 2.24) is 4.72 Å². The zero-order chi connectivity index (χ0) is 15.6. The van der Waals surface area contributed by atoms with Crippen molar-refractivity contribution in [3.05, 3.63) is 23.5 Å². The molecule has 0 amide bonds. The monoisotopic (exact) mass is 316 g/mol. The highest BCUT2D eigenvalue weighted by atomic mass is 32.2. The van der Waals surface area contributed by atoms with E-state index in [1.54, 1.807) is 6.92 Å². The SMILES string of the molecule is Cc1cc(F)c(S(=O)(=O)NCC2CCC(O)CC2)cc1N. The second-order valence-electron chi connectivity index (χ2n) is 5.67. The Bertz CT molecular complexity index is 611. The largest absolute Gasteiger partial charge is 0.398 e. The molecule has 21 heavy (non-hydrogen) atoms. The quantitative estimate of drug-likeness (QED) is 0.735. The van der Waals surface area contributed by atoms with Crippen LogP contribution in [-0.4, -0.2) is 26.2 Å². The zero-order valence-corrected chi connectivity index (χ0v) is 12.8. The number of sulfonamides is 1. The number of anilines is 1. The number of halogens is 1. The summed E-state index contributed by atoms with van der Waals surface area (Å²) >= 11 is 0. The molecule has 0 heterocycles. The Hall–Kier alpha value is -1.18. The molecule has 0 aliphatic heterocycles. The average molecular weight is 316 g/mol. The van der Waals surface area contributed by atoms with E-state index < -0.39 is 20.7 Å². The first kappa shape index (κ1) is 16.2. The van der Waals surface area contributed by atoms with Crippen LogP contribution in [0.2, 0.25) is 0 Å². The fourth-order valence-electron chi connectivity index (χ4n) is 2.53. The van der Waals surface area contributed by atoms with Crippen LogP contribution in [0.3, 0.4) is 0 Å². The van der Waals surface area contributed by atoms with Crippen LogP contribution >= 0.6 is 0 Å². The van der Waals surface area contributed by atoms with Crippen molar-refractivity contribution in [3.63, 3.8) is 0 Å². The smallest absolute Gasteiger partial charge is 0.243 e. The molecule has 0 saturated heterocycles. The maximum atomic E-state index is 13.8. The topological polar surface area (TPSA) is 92.4 Å². The van der Waals surface area contributed by atoms with Crippen LogP contribution in [0.4, 0.5) is 10.1 Å². The molecule has 1 aromatic carbocycles. The average Bonchev–Trinajstić information content (AvgIpc) is 2.42. The van der Waals surface area contributed by atoms with Crippen LogP contribution < -0.4 is 10.5 Å². The lowest BCUT2D eigenvalue weighted by atomic mass is 9.88. The van der Waals surface area contributed by atoms with Gasteiger partial charge in [-0.3, -0.25) is 0 Å². The van der Waals surface area contributed by atoms with Gasteiger partial charge in [0.2, 0.25) is 10.0 Å². The molecule has 0 spiro atoms. The van der Waals surface area contributed by atoms with Gasteiger partial charge in [0.25, 0.3) is 0 Å². The van der Waals surface area contributed by atoms with E-state index in [-0.39, 0.29) is 24.3 Å². The fraction of sp³-hybridized carbons (Fsp3) is 0.571. The molecule has 1 saturated carbocycles. The molecule has 2 rings (SSSR count). The van der Waals surface area contributed by atoms with Gasteiger partial charge in [-0.05, 0) is 56.2 Å². The summed E-state index contributed by atoms with van der Waals surface area (Å²) in [6.45, 7) is 1.87. The van der Waals surface area contributed by atoms with Gasteiger partial charge in [0.1, 0.15) is 10.7 Å². The first-order chi connectivity index (χ1) is 9.79. The number of hydrogen-bond donors (Lipinski definition) is 3. The number of nitrogen functional groups attached to an aromatic ring is 1. The van der Waals surface area contributed by atoms with Crippen LogP contribution in [0.25, 0.3) is 0 Å². The Labute approximate surface area is 124 Å². The van der Waals surface area contributed by atoms with Gasteiger partial charge in [-0.1, -0.05) is 0 Å². The summed E-state index contributed by atoms with van der Waals surface area (Å²) in [4.78, 5) is -0.415. The van der Waals surface area contributed by atoms with E-state index in [0.29, 0.717) is 18.4 Å². The molecule has 1 fully saturated rings. The lowest BCUT2D eigenvalue weighted by Crippen LogP contribution is -2.32. The minimum atomic E-state index is -3.91. The van der Waals surface area contributed by atoms with Crippen molar-refractivity contribution in [2.24, 2.45) is 5.92 Å². The Morgan fingerprint density at radius 3 is 2.57 bits per heavy atom. The molecule has 1 aliphatic carbocycles. The van der Waals surface area contributed by atoms with Crippen molar-refractivity contribution >= 4 is 15.7 Å². The molecule has 1 aromatic rings. The maximum absolute atomic E-state index is 13.8. The maximum Gasteiger partial charge on any atom is 0.243 e. The molecule has 0 radical (unpaired) electrons. The van der Waals surface area contributed by atoms with Gasteiger partial charge in [0.15, 0.2) is 0 Å². The number of benzene rings is 1.